The fourth-order valence-electron chi connectivity index (χ4n) is 3.02. The monoisotopic (exact) mass is 379 g/mol. The molecule has 1 aliphatic heterocycles. The second-order valence-corrected chi connectivity index (χ2v) is 6.53. The summed E-state index contributed by atoms with van der Waals surface area (Å²) >= 11 is 5.90. The Morgan fingerprint density at radius 1 is 0.778 bits per heavy atom. The van der Waals surface area contributed by atoms with Crippen molar-refractivity contribution in [1.29, 1.82) is 0 Å². The van der Waals surface area contributed by atoms with Gasteiger partial charge in [0, 0.05) is 23.2 Å². The molecule has 0 saturated heterocycles. The molecule has 0 radical (unpaired) electrons. The van der Waals surface area contributed by atoms with E-state index >= 15 is 0 Å². The van der Waals surface area contributed by atoms with Crippen molar-refractivity contribution in [2.45, 2.75) is 6.54 Å². The topological polar surface area (TPSA) is 72.3 Å². The average molecular weight is 380 g/mol. The number of carbonyl (C=O) groups is 2. The predicted octanol–water partition coefficient (Wildman–Crippen LogP) is 2.86. The number of aromatic nitrogens is 2. The number of fused-ring (bicyclic) bond motifs is 1. The van der Waals surface area contributed by atoms with Gasteiger partial charge in [-0.05, 0) is 30.3 Å². The second kappa shape index (κ2) is 6.81. The van der Waals surface area contributed by atoms with Crippen LogP contribution in [0.5, 0.6) is 0 Å². The van der Waals surface area contributed by atoms with E-state index in [9.17, 15) is 14.4 Å². The Morgan fingerprint density at radius 2 is 1.41 bits per heavy atom. The number of carbonyl (C=O) groups excluding carboxylic acids is 2. The lowest BCUT2D eigenvalue weighted by Gasteiger charge is -2.14. The molecule has 6 nitrogen and oxygen atoms in total. The molecule has 7 heteroatoms. The summed E-state index contributed by atoms with van der Waals surface area (Å²) in [5, 5.41) is 4.95. The molecule has 0 saturated carbocycles. The third-order valence-electron chi connectivity index (χ3n) is 4.42. The zero-order chi connectivity index (χ0) is 19.0. The van der Waals surface area contributed by atoms with Crippen LogP contribution in [0.4, 0.5) is 0 Å². The van der Waals surface area contributed by atoms with Gasteiger partial charge in [0.05, 0.1) is 23.4 Å². The van der Waals surface area contributed by atoms with E-state index in [4.69, 9.17) is 11.6 Å². The number of amides is 2. The Labute approximate surface area is 159 Å². The summed E-state index contributed by atoms with van der Waals surface area (Å²) in [4.78, 5) is 38.1. The Bertz CT molecular complexity index is 1070. The van der Waals surface area contributed by atoms with Gasteiger partial charge in [0.15, 0.2) is 0 Å². The van der Waals surface area contributed by atoms with Gasteiger partial charge in [0.25, 0.3) is 17.4 Å². The normalized spacial score (nSPS) is 13.1. The number of nitrogens with zero attached hydrogens (tertiary/aromatic N) is 3. The van der Waals surface area contributed by atoms with Crippen molar-refractivity contribution in [2.75, 3.05) is 6.54 Å². The molecule has 0 fully saturated rings. The first-order valence-electron chi connectivity index (χ1n) is 8.34. The minimum absolute atomic E-state index is 0.0727. The van der Waals surface area contributed by atoms with Gasteiger partial charge in [-0.3, -0.25) is 19.3 Å². The van der Waals surface area contributed by atoms with Crippen LogP contribution in [0.25, 0.3) is 11.3 Å². The van der Waals surface area contributed by atoms with Gasteiger partial charge in [0.2, 0.25) is 0 Å². The lowest BCUT2D eigenvalue weighted by molar-refractivity contribution is 0.0647. The van der Waals surface area contributed by atoms with Gasteiger partial charge in [-0.25, -0.2) is 4.68 Å². The maximum atomic E-state index is 12.4. The molecule has 3 aromatic rings. The van der Waals surface area contributed by atoms with Crippen LogP contribution >= 0.6 is 11.6 Å². The van der Waals surface area contributed by atoms with Crippen molar-refractivity contribution in [2.24, 2.45) is 0 Å². The molecule has 2 amide bonds. The number of rotatable bonds is 4. The van der Waals surface area contributed by atoms with Crippen molar-refractivity contribution in [1.82, 2.24) is 14.7 Å². The molecule has 1 aromatic heterocycles. The number of imide groups is 1. The second-order valence-electron chi connectivity index (χ2n) is 6.09. The summed E-state index contributed by atoms with van der Waals surface area (Å²) in [5.74, 6) is -0.699. The highest BCUT2D eigenvalue weighted by Gasteiger charge is 2.34. The van der Waals surface area contributed by atoms with Crippen molar-refractivity contribution in [3.05, 3.63) is 87.2 Å². The molecule has 0 unspecified atom stereocenters. The molecule has 0 spiro atoms. The predicted molar refractivity (Wildman–Crippen MR) is 101 cm³/mol. The van der Waals surface area contributed by atoms with E-state index in [1.165, 1.54) is 10.7 Å². The zero-order valence-electron chi connectivity index (χ0n) is 14.1. The molecule has 1 aliphatic rings. The molecule has 4 rings (SSSR count). The van der Waals surface area contributed by atoms with Gasteiger partial charge >= 0.3 is 0 Å². The molecule has 0 atom stereocenters. The van der Waals surface area contributed by atoms with E-state index in [2.05, 4.69) is 5.10 Å². The highest BCUT2D eigenvalue weighted by molar-refractivity contribution is 6.30. The molecule has 0 aliphatic carbocycles. The molecule has 2 heterocycles. The van der Waals surface area contributed by atoms with E-state index < -0.39 is 0 Å². The molecular formula is C20H14ClN3O3. The summed E-state index contributed by atoms with van der Waals surface area (Å²) in [6, 6.07) is 16.8. The SMILES string of the molecule is O=C1c2ccccc2C(=O)N1CCn1nc(-c2ccc(Cl)cc2)ccc1=O. The molecular weight excluding hydrogens is 366 g/mol. The Morgan fingerprint density at radius 3 is 2.04 bits per heavy atom. The van der Waals surface area contributed by atoms with Crippen LogP contribution in [0.15, 0.2) is 65.5 Å². The minimum atomic E-state index is -0.350. The first kappa shape index (κ1) is 17.2. The smallest absolute Gasteiger partial charge is 0.266 e. The summed E-state index contributed by atoms with van der Waals surface area (Å²) in [6.45, 7) is 0.190. The Kier molecular flexibility index (Phi) is 4.33. The van der Waals surface area contributed by atoms with E-state index in [1.807, 2.05) is 12.1 Å². The van der Waals surface area contributed by atoms with Gasteiger partial charge in [-0.15, -0.1) is 0 Å². The molecule has 0 bridgehead atoms. The lowest BCUT2D eigenvalue weighted by Crippen LogP contribution is -2.35. The fourth-order valence-corrected chi connectivity index (χ4v) is 3.15. The average Bonchev–Trinajstić information content (AvgIpc) is 2.93. The van der Waals surface area contributed by atoms with Crippen LogP contribution in [-0.2, 0) is 6.54 Å². The van der Waals surface area contributed by atoms with Crippen molar-refractivity contribution in [3.63, 3.8) is 0 Å². The van der Waals surface area contributed by atoms with Crippen LogP contribution < -0.4 is 5.56 Å². The summed E-state index contributed by atoms with van der Waals surface area (Å²) in [5.41, 5.74) is 1.89. The van der Waals surface area contributed by atoms with Crippen LogP contribution in [0.3, 0.4) is 0 Å². The summed E-state index contributed by atoms with van der Waals surface area (Å²) in [7, 11) is 0. The Hall–Kier alpha value is -3.25. The van der Waals surface area contributed by atoms with Gasteiger partial charge in [-0.1, -0.05) is 35.9 Å². The number of hydrogen-bond acceptors (Lipinski definition) is 4. The Balaban J connectivity index is 1.56. The largest absolute Gasteiger partial charge is 0.272 e. The lowest BCUT2D eigenvalue weighted by atomic mass is 10.1. The zero-order valence-corrected chi connectivity index (χ0v) is 14.9. The van der Waals surface area contributed by atoms with Crippen molar-refractivity contribution in [3.8, 4) is 11.3 Å². The molecule has 0 N–H and O–H groups in total. The number of halogens is 1. The maximum Gasteiger partial charge on any atom is 0.266 e. The van der Waals surface area contributed by atoms with Crippen molar-refractivity contribution >= 4 is 23.4 Å². The van der Waals surface area contributed by atoms with Crippen LogP contribution in [0.1, 0.15) is 20.7 Å². The van der Waals surface area contributed by atoms with Crippen LogP contribution in [0, 0.1) is 0 Å². The molecule has 134 valence electrons. The third-order valence-corrected chi connectivity index (χ3v) is 4.67. The van der Waals surface area contributed by atoms with E-state index in [-0.39, 0.29) is 30.5 Å². The van der Waals surface area contributed by atoms with Crippen LogP contribution in [0.2, 0.25) is 5.02 Å². The molecule has 27 heavy (non-hydrogen) atoms. The highest BCUT2D eigenvalue weighted by atomic mass is 35.5. The first-order chi connectivity index (χ1) is 13.0. The third kappa shape index (κ3) is 3.15. The summed E-state index contributed by atoms with van der Waals surface area (Å²) in [6.07, 6.45) is 0. The number of hydrogen-bond donors (Lipinski definition) is 0. The van der Waals surface area contributed by atoms with Gasteiger partial charge in [0.1, 0.15) is 0 Å². The van der Waals surface area contributed by atoms with Crippen molar-refractivity contribution < 1.29 is 9.59 Å². The molecule has 2 aromatic carbocycles. The van der Waals surface area contributed by atoms with Gasteiger partial charge in [-0.2, -0.15) is 5.10 Å². The highest BCUT2D eigenvalue weighted by Crippen LogP contribution is 2.22. The van der Waals surface area contributed by atoms with E-state index in [1.54, 1.807) is 42.5 Å². The fraction of sp³-hybridized carbons (Fsp3) is 0.100. The quantitative estimate of drug-likeness (QED) is 0.653. The van der Waals surface area contributed by atoms with Gasteiger partial charge < -0.3 is 0 Å². The first-order valence-corrected chi connectivity index (χ1v) is 8.72. The maximum absolute atomic E-state index is 12.4. The minimum Gasteiger partial charge on any atom is -0.272 e. The van der Waals surface area contributed by atoms with Crippen LogP contribution in [-0.4, -0.2) is 33.0 Å². The number of benzene rings is 2. The summed E-state index contributed by atoms with van der Waals surface area (Å²) < 4.78 is 1.26. The standard InChI is InChI=1S/C20H14ClN3O3/c21-14-7-5-13(6-8-14)17-9-10-18(25)24(22-17)12-11-23-19(26)15-3-1-2-4-16(15)20(23)27/h1-10H,11-12H2. The van der Waals surface area contributed by atoms with E-state index in [0.29, 0.717) is 21.8 Å². The van der Waals surface area contributed by atoms with E-state index in [0.717, 1.165) is 10.5 Å².